The minimum atomic E-state index is -0.648. The van der Waals surface area contributed by atoms with Gasteiger partial charge < -0.3 is 9.84 Å². The molecule has 63 heavy (non-hydrogen) atoms. The number of ether oxygens (including phenoxy) is 1. The monoisotopic (exact) mass is 887 g/mol. The zero-order chi connectivity index (χ0) is 45.5. The number of carboxylic acids is 1. The summed E-state index contributed by atoms with van der Waals surface area (Å²) in [4.78, 5) is 21.8. The fourth-order valence-corrected chi connectivity index (χ4v) is 9.71. The van der Waals surface area contributed by atoms with Gasteiger partial charge in [0.1, 0.15) is 0 Å². The highest BCUT2D eigenvalue weighted by Crippen LogP contribution is 2.19. The van der Waals surface area contributed by atoms with Crippen molar-refractivity contribution in [1.29, 1.82) is 0 Å². The van der Waals surface area contributed by atoms with Gasteiger partial charge in [-0.1, -0.05) is 334 Å². The zero-order valence-electron chi connectivity index (χ0n) is 42.8. The van der Waals surface area contributed by atoms with Crippen LogP contribution in [-0.2, 0) is 14.3 Å². The Kier molecular flexibility index (Phi) is 55.6. The summed E-state index contributed by atoms with van der Waals surface area (Å²) < 4.78 is 4.75. The molecule has 4 nitrogen and oxygen atoms in total. The number of rotatable bonds is 57. The molecule has 0 aromatic heterocycles. The molecule has 0 aromatic carbocycles. The molecular weight excluding hydrogens is 773 g/mol. The molecule has 374 valence electrons. The van der Waals surface area contributed by atoms with Crippen molar-refractivity contribution in [1.82, 2.24) is 0 Å². The molecule has 4 heteroatoms. The van der Waals surface area contributed by atoms with E-state index in [0.29, 0.717) is 12.8 Å². The van der Waals surface area contributed by atoms with Crippen molar-refractivity contribution >= 4 is 11.9 Å². The molecule has 0 saturated heterocycles. The molecule has 0 aliphatic carbocycles. The van der Waals surface area contributed by atoms with Gasteiger partial charge >= 0.3 is 11.9 Å². The number of carboxylic acid groups (broad SMARTS) is 1. The molecule has 0 amide bonds. The minimum Gasteiger partial charge on any atom is -0.481 e. The van der Waals surface area contributed by atoms with Crippen LogP contribution < -0.4 is 0 Å². The van der Waals surface area contributed by atoms with E-state index in [-0.39, 0.29) is 5.97 Å². The Morgan fingerprint density at radius 1 is 0.254 bits per heavy atom. The smallest absolute Gasteiger partial charge is 0.310 e. The van der Waals surface area contributed by atoms with Crippen LogP contribution in [0.2, 0.25) is 0 Å². The molecule has 0 aromatic rings. The molecule has 0 aliphatic heterocycles. The maximum atomic E-state index is 11.3. The predicted molar refractivity (Wildman–Crippen MR) is 278 cm³/mol. The van der Waals surface area contributed by atoms with Crippen molar-refractivity contribution in [2.75, 3.05) is 0 Å². The molecule has 0 unspecified atom stereocenters. The minimum absolute atomic E-state index is 0.144. The van der Waals surface area contributed by atoms with E-state index in [9.17, 15) is 9.59 Å². The average Bonchev–Trinajstić information content (AvgIpc) is 3.27. The Hall–Kier alpha value is -1.32. The first-order valence-corrected chi connectivity index (χ1v) is 29.2. The number of carbonyl (C=O) groups is 2. The number of hydrogen-bond acceptors (Lipinski definition) is 3. The summed E-state index contributed by atoms with van der Waals surface area (Å²) in [6.45, 7) is 3.42. The Morgan fingerprint density at radius 3 is 0.508 bits per heavy atom. The number of carbonyl (C=O) groups excluding carboxylic acids is 1. The van der Waals surface area contributed by atoms with Gasteiger partial charge in [0.2, 0.25) is 0 Å². The highest BCUT2D eigenvalue weighted by atomic mass is 16.5. The highest BCUT2D eigenvalue weighted by Gasteiger charge is 2.02. The van der Waals surface area contributed by atoms with E-state index in [4.69, 9.17) is 9.84 Å². The van der Waals surface area contributed by atoms with E-state index in [1.54, 1.807) is 0 Å². The van der Waals surface area contributed by atoms with Crippen molar-refractivity contribution in [3.8, 4) is 0 Å². The SMILES string of the molecule is C=COC(=O)CCCCCCCCCCCCCCCCCCCCCCCCCCCCCCCCCCCCCCCCCCCCCCCCCCCCCCCC(=O)O. The number of unbranched alkanes of at least 4 members (excludes halogenated alkanes) is 52. The molecule has 0 fully saturated rings. The van der Waals surface area contributed by atoms with E-state index < -0.39 is 5.97 Å². The third kappa shape index (κ3) is 58.7. The Balaban J connectivity index is 3.08. The van der Waals surface area contributed by atoms with Gasteiger partial charge in [0.15, 0.2) is 0 Å². The van der Waals surface area contributed by atoms with E-state index in [1.165, 1.54) is 321 Å². The maximum absolute atomic E-state index is 11.3. The second-order valence-electron chi connectivity index (χ2n) is 20.3. The van der Waals surface area contributed by atoms with Gasteiger partial charge in [0, 0.05) is 12.8 Å². The first-order chi connectivity index (χ1) is 31.2. The van der Waals surface area contributed by atoms with Gasteiger partial charge in [-0.3, -0.25) is 9.59 Å². The van der Waals surface area contributed by atoms with Crippen LogP contribution in [-0.4, -0.2) is 17.0 Å². The summed E-state index contributed by atoms with van der Waals surface area (Å²) in [5, 5.41) is 8.67. The van der Waals surface area contributed by atoms with Crippen LogP contribution >= 0.6 is 0 Å². The van der Waals surface area contributed by atoms with E-state index >= 15 is 0 Å². The number of esters is 1. The first-order valence-electron chi connectivity index (χ1n) is 29.2. The van der Waals surface area contributed by atoms with Crippen LogP contribution in [0.15, 0.2) is 12.8 Å². The standard InChI is InChI=1S/C59H114O4/c1-2-63-59(62)57-55-53-51-49-47-45-43-41-39-37-35-33-31-29-27-25-23-21-19-17-15-13-11-9-7-5-3-4-6-8-10-12-14-16-18-20-22-24-26-28-30-32-34-36-38-40-42-44-46-48-50-52-54-56-58(60)61/h2H,1,3-57H2,(H,60,61). The highest BCUT2D eigenvalue weighted by molar-refractivity contribution is 5.69. The second-order valence-corrected chi connectivity index (χ2v) is 20.3. The lowest BCUT2D eigenvalue weighted by Crippen LogP contribution is -1.98. The second kappa shape index (κ2) is 56.8. The van der Waals surface area contributed by atoms with E-state index in [1.807, 2.05) is 0 Å². The van der Waals surface area contributed by atoms with Crippen LogP contribution in [0.5, 0.6) is 0 Å². The summed E-state index contributed by atoms with van der Waals surface area (Å²) in [7, 11) is 0. The van der Waals surface area contributed by atoms with E-state index in [0.717, 1.165) is 25.7 Å². The number of aliphatic carboxylic acids is 1. The maximum Gasteiger partial charge on any atom is 0.310 e. The summed E-state index contributed by atoms with van der Waals surface area (Å²) in [5.74, 6) is -0.792. The molecule has 0 bridgehead atoms. The van der Waals surface area contributed by atoms with Crippen LogP contribution in [0.25, 0.3) is 0 Å². The molecular formula is C59H114O4. The predicted octanol–water partition coefficient (Wildman–Crippen LogP) is 21.2. The van der Waals surface area contributed by atoms with Gasteiger partial charge in [0.25, 0.3) is 0 Å². The van der Waals surface area contributed by atoms with Crippen LogP contribution in [0.3, 0.4) is 0 Å². The van der Waals surface area contributed by atoms with E-state index in [2.05, 4.69) is 6.58 Å². The largest absolute Gasteiger partial charge is 0.481 e. The molecule has 0 aliphatic rings. The fraction of sp³-hybridized carbons (Fsp3) is 0.932. The lowest BCUT2D eigenvalue weighted by Gasteiger charge is -2.05. The molecule has 0 atom stereocenters. The van der Waals surface area contributed by atoms with Gasteiger partial charge in [-0.25, -0.2) is 0 Å². The van der Waals surface area contributed by atoms with Crippen molar-refractivity contribution in [3.05, 3.63) is 12.8 Å². The van der Waals surface area contributed by atoms with Crippen LogP contribution in [0, 0.1) is 0 Å². The Labute approximate surface area is 395 Å². The topological polar surface area (TPSA) is 63.6 Å². The van der Waals surface area contributed by atoms with Crippen molar-refractivity contribution in [3.63, 3.8) is 0 Å². The van der Waals surface area contributed by atoms with Crippen molar-refractivity contribution < 1.29 is 19.4 Å². The van der Waals surface area contributed by atoms with Crippen molar-refractivity contribution in [2.24, 2.45) is 0 Å². The molecule has 0 spiro atoms. The summed E-state index contributed by atoms with van der Waals surface area (Å²) in [6.07, 6.45) is 76.5. The molecule has 0 heterocycles. The lowest BCUT2D eigenvalue weighted by molar-refractivity contribution is -0.138. The third-order valence-electron chi connectivity index (χ3n) is 14.0. The fourth-order valence-electron chi connectivity index (χ4n) is 9.71. The van der Waals surface area contributed by atoms with Gasteiger partial charge in [0.05, 0.1) is 6.26 Å². The van der Waals surface area contributed by atoms with Crippen LogP contribution in [0.4, 0.5) is 0 Å². The Bertz CT molecular complexity index is 885. The van der Waals surface area contributed by atoms with Gasteiger partial charge in [-0.2, -0.15) is 0 Å². The molecule has 1 N–H and O–H groups in total. The summed E-state index contributed by atoms with van der Waals surface area (Å²) >= 11 is 0. The zero-order valence-corrected chi connectivity index (χ0v) is 42.8. The van der Waals surface area contributed by atoms with Gasteiger partial charge in [-0.05, 0) is 12.8 Å². The third-order valence-corrected chi connectivity index (χ3v) is 14.0. The molecule has 0 radical (unpaired) electrons. The van der Waals surface area contributed by atoms with Crippen molar-refractivity contribution in [2.45, 2.75) is 353 Å². The average molecular weight is 888 g/mol. The lowest BCUT2D eigenvalue weighted by atomic mass is 10.0. The quantitative estimate of drug-likeness (QED) is 0.0375. The summed E-state index contributed by atoms with van der Waals surface area (Å²) in [5.41, 5.74) is 0. The van der Waals surface area contributed by atoms with Crippen LogP contribution in [0.1, 0.15) is 353 Å². The molecule has 0 rings (SSSR count). The normalized spacial score (nSPS) is 11.4. The Morgan fingerprint density at radius 2 is 0.381 bits per heavy atom. The van der Waals surface area contributed by atoms with Gasteiger partial charge in [-0.15, -0.1) is 0 Å². The molecule has 0 saturated carbocycles. The summed E-state index contributed by atoms with van der Waals surface area (Å²) in [6, 6.07) is 0. The number of hydrogen-bond donors (Lipinski definition) is 1. The first kappa shape index (κ1) is 61.7.